The summed E-state index contributed by atoms with van der Waals surface area (Å²) in [6.45, 7) is 0.794. The summed E-state index contributed by atoms with van der Waals surface area (Å²) in [6, 6.07) is 9.23. The Morgan fingerprint density at radius 2 is 1.62 bits per heavy atom. The summed E-state index contributed by atoms with van der Waals surface area (Å²) in [5.41, 5.74) is 2.98. The van der Waals surface area contributed by atoms with Crippen molar-refractivity contribution < 1.29 is 44.1 Å². The number of nitrogens with zero attached hydrogens (tertiary/aromatic N) is 1. The average Bonchev–Trinajstić information content (AvgIpc) is 2.77. The normalized spacial score (nSPS) is 11.8. The molecule has 0 saturated heterocycles. The molecule has 0 bridgehead atoms. The van der Waals surface area contributed by atoms with Gasteiger partial charge in [0.15, 0.2) is 35.7 Å². The van der Waals surface area contributed by atoms with E-state index in [2.05, 4.69) is 16.8 Å². The van der Waals surface area contributed by atoms with Crippen molar-refractivity contribution in [3.8, 4) is 34.3 Å². The second-order valence-electron chi connectivity index (χ2n) is 6.91. The maximum absolute atomic E-state index is 9.87. The van der Waals surface area contributed by atoms with Gasteiger partial charge in [0.05, 0.1) is 25.2 Å². The fourth-order valence-corrected chi connectivity index (χ4v) is 3.55. The Balaban J connectivity index is 0.000000312. The highest BCUT2D eigenvalue weighted by Gasteiger charge is 2.26. The maximum atomic E-state index is 9.87. The predicted octanol–water partition coefficient (Wildman–Crippen LogP) is 2.49. The van der Waals surface area contributed by atoms with Gasteiger partial charge in [-0.15, -0.1) is 0 Å². The topological polar surface area (TPSA) is 137 Å². The third-order valence-electron chi connectivity index (χ3n) is 4.97. The van der Waals surface area contributed by atoms with Gasteiger partial charge in [0, 0.05) is 24.6 Å². The SMILES string of the molecule is COc1ccc2cc3[n+](cc2c1OC)CCc1cc(O)c(O)cc1-3.O=C(O)/C=C/C(=O)O. The number of aromatic hydroxyl groups is 2. The Labute approximate surface area is 183 Å². The number of aryl methyl sites for hydroxylation is 2. The standard InChI is InChI=1S/C19H17NO4.C4H4O4/c1-23-18-4-3-11-7-15-13-9-17(22)16(21)8-12(13)5-6-20(15)10-14(11)19(18)24-2;5-3(6)1-2-4(7)8/h3-4,7-10,22H,5-6H2,1-2H3;1-2H,(H,5,6)(H,7,8)/p+1/b;2-1+. The first-order chi connectivity index (χ1) is 15.2. The number of rotatable bonds is 4. The van der Waals surface area contributed by atoms with E-state index in [1.807, 2.05) is 12.1 Å². The Kier molecular flexibility index (Phi) is 6.48. The summed E-state index contributed by atoms with van der Waals surface area (Å²) < 4.78 is 13.1. The third kappa shape index (κ3) is 4.56. The zero-order valence-corrected chi connectivity index (χ0v) is 17.4. The Morgan fingerprint density at radius 1 is 0.969 bits per heavy atom. The minimum Gasteiger partial charge on any atom is -0.504 e. The number of phenolic OH excluding ortho intramolecular Hbond substituents is 2. The highest BCUT2D eigenvalue weighted by Crippen LogP contribution is 2.39. The first-order valence-electron chi connectivity index (χ1n) is 9.52. The maximum Gasteiger partial charge on any atom is 0.328 e. The first kappa shape index (κ1) is 22.4. The van der Waals surface area contributed by atoms with Crippen LogP contribution < -0.4 is 14.0 Å². The average molecular weight is 440 g/mol. The summed E-state index contributed by atoms with van der Waals surface area (Å²) in [5.74, 6) is -1.28. The molecule has 4 rings (SSSR count). The van der Waals surface area contributed by atoms with Gasteiger partial charge in [0.1, 0.15) is 0 Å². The lowest BCUT2D eigenvalue weighted by atomic mass is 9.95. The molecule has 0 amide bonds. The molecule has 166 valence electrons. The van der Waals surface area contributed by atoms with E-state index < -0.39 is 11.9 Å². The molecule has 1 aromatic heterocycles. The number of aliphatic carboxylic acids is 2. The largest absolute Gasteiger partial charge is 0.504 e. The minimum absolute atomic E-state index is 0.0746. The molecule has 0 fully saturated rings. The number of benzene rings is 2. The fraction of sp³-hybridized carbons (Fsp3) is 0.174. The van der Waals surface area contributed by atoms with Gasteiger partial charge in [0.25, 0.3) is 0 Å². The van der Waals surface area contributed by atoms with Crippen LogP contribution in [0.5, 0.6) is 23.0 Å². The number of phenols is 2. The molecule has 9 heteroatoms. The Hall–Kier alpha value is -4.27. The molecule has 0 atom stereocenters. The van der Waals surface area contributed by atoms with Crippen molar-refractivity contribution in [3.63, 3.8) is 0 Å². The second kappa shape index (κ2) is 9.25. The van der Waals surface area contributed by atoms with Crippen molar-refractivity contribution in [1.29, 1.82) is 0 Å². The lowest BCUT2D eigenvalue weighted by molar-refractivity contribution is -0.686. The minimum atomic E-state index is -1.26. The Morgan fingerprint density at radius 3 is 2.22 bits per heavy atom. The van der Waals surface area contributed by atoms with Crippen molar-refractivity contribution in [2.45, 2.75) is 13.0 Å². The van der Waals surface area contributed by atoms with E-state index >= 15 is 0 Å². The molecule has 2 aromatic carbocycles. The van der Waals surface area contributed by atoms with Crippen molar-refractivity contribution in [1.82, 2.24) is 0 Å². The van der Waals surface area contributed by atoms with Gasteiger partial charge in [0.2, 0.25) is 5.69 Å². The number of aromatic nitrogens is 1. The molecule has 0 radical (unpaired) electrons. The van der Waals surface area contributed by atoms with Crippen molar-refractivity contribution in [2.75, 3.05) is 14.2 Å². The molecule has 0 saturated carbocycles. The van der Waals surface area contributed by atoms with Gasteiger partial charge in [-0.25, -0.2) is 9.59 Å². The molecule has 3 aromatic rings. The number of ether oxygens (including phenoxy) is 2. The van der Waals surface area contributed by atoms with Crippen LogP contribution in [-0.4, -0.2) is 46.6 Å². The van der Waals surface area contributed by atoms with Crippen LogP contribution in [0.2, 0.25) is 0 Å². The molecule has 9 nitrogen and oxygen atoms in total. The number of methoxy groups -OCH3 is 2. The number of hydrogen-bond acceptors (Lipinski definition) is 6. The zero-order valence-electron chi connectivity index (χ0n) is 17.4. The molecule has 4 N–H and O–H groups in total. The summed E-state index contributed by atoms with van der Waals surface area (Å²) in [6.07, 6.45) is 3.96. The van der Waals surface area contributed by atoms with Crippen LogP contribution >= 0.6 is 0 Å². The van der Waals surface area contributed by atoms with Gasteiger partial charge in [-0.1, -0.05) is 0 Å². The van der Waals surface area contributed by atoms with Crippen LogP contribution in [0, 0.1) is 0 Å². The highest BCUT2D eigenvalue weighted by atomic mass is 16.5. The second-order valence-corrected chi connectivity index (χ2v) is 6.91. The summed E-state index contributed by atoms with van der Waals surface area (Å²) in [4.78, 5) is 19.1. The summed E-state index contributed by atoms with van der Waals surface area (Å²) >= 11 is 0. The van der Waals surface area contributed by atoms with Crippen molar-refractivity contribution in [3.05, 3.63) is 54.2 Å². The molecule has 32 heavy (non-hydrogen) atoms. The van der Waals surface area contributed by atoms with Gasteiger partial charge in [-0.3, -0.25) is 0 Å². The number of carboxylic acids is 2. The van der Waals surface area contributed by atoms with Crippen LogP contribution in [0.25, 0.3) is 22.0 Å². The number of hydrogen-bond donors (Lipinski definition) is 4. The highest BCUT2D eigenvalue weighted by molar-refractivity contribution is 5.92. The van der Waals surface area contributed by atoms with E-state index in [-0.39, 0.29) is 11.5 Å². The van der Waals surface area contributed by atoms with Crippen LogP contribution in [0.4, 0.5) is 0 Å². The van der Waals surface area contributed by atoms with Crippen molar-refractivity contribution in [2.24, 2.45) is 0 Å². The third-order valence-corrected chi connectivity index (χ3v) is 4.97. The van der Waals surface area contributed by atoms with E-state index in [1.54, 1.807) is 26.4 Å². The van der Waals surface area contributed by atoms with Crippen LogP contribution in [0.15, 0.2) is 48.7 Å². The van der Waals surface area contributed by atoms with E-state index in [1.165, 1.54) is 0 Å². The molecule has 0 spiro atoms. The fourth-order valence-electron chi connectivity index (χ4n) is 3.55. The summed E-state index contributed by atoms with van der Waals surface area (Å²) in [5, 5.41) is 37.2. The molecule has 0 unspecified atom stereocenters. The number of carboxylic acid groups (broad SMARTS) is 2. The molecule has 0 aliphatic carbocycles. The van der Waals surface area contributed by atoms with Crippen molar-refractivity contribution >= 4 is 22.7 Å². The van der Waals surface area contributed by atoms with E-state index in [4.69, 9.17) is 19.7 Å². The lowest BCUT2D eigenvalue weighted by Gasteiger charge is -2.17. The quantitative estimate of drug-likeness (QED) is 0.276. The van der Waals surface area contributed by atoms with Gasteiger partial charge < -0.3 is 29.9 Å². The monoisotopic (exact) mass is 440 g/mol. The van der Waals surface area contributed by atoms with Gasteiger partial charge >= 0.3 is 11.9 Å². The zero-order chi connectivity index (χ0) is 23.4. The molecular formula is C23H22NO8+. The summed E-state index contributed by atoms with van der Waals surface area (Å²) in [7, 11) is 3.26. The molecule has 2 heterocycles. The lowest BCUT2D eigenvalue weighted by Crippen LogP contribution is -2.40. The van der Waals surface area contributed by atoms with Crippen LogP contribution in [0.3, 0.4) is 0 Å². The number of carbonyl (C=O) groups is 2. The predicted molar refractivity (Wildman–Crippen MR) is 114 cm³/mol. The smallest absolute Gasteiger partial charge is 0.328 e. The van der Waals surface area contributed by atoms with Gasteiger partial charge in [-0.05, 0) is 35.2 Å². The van der Waals surface area contributed by atoms with Gasteiger partial charge in [-0.2, -0.15) is 4.57 Å². The van der Waals surface area contributed by atoms with E-state index in [0.29, 0.717) is 23.7 Å². The van der Waals surface area contributed by atoms with E-state index in [9.17, 15) is 19.8 Å². The molecule has 1 aliphatic heterocycles. The van der Waals surface area contributed by atoms with Crippen LogP contribution in [0.1, 0.15) is 5.56 Å². The first-order valence-corrected chi connectivity index (χ1v) is 9.52. The van der Waals surface area contributed by atoms with Crippen LogP contribution in [-0.2, 0) is 22.6 Å². The number of pyridine rings is 1. The molecule has 1 aliphatic rings. The van der Waals surface area contributed by atoms with E-state index in [0.717, 1.165) is 40.6 Å². The Bertz CT molecular complexity index is 1220. The number of fused-ring (bicyclic) bond motifs is 4. The molecular weight excluding hydrogens is 418 g/mol.